The van der Waals surface area contributed by atoms with E-state index in [0.29, 0.717) is 0 Å². The molecule has 0 aliphatic heterocycles. The summed E-state index contributed by atoms with van der Waals surface area (Å²) in [5.41, 5.74) is 0. The topological polar surface area (TPSA) is 0 Å². The maximum Gasteiger partial charge on any atom is -0.0360 e. The zero-order valence-electron chi connectivity index (χ0n) is 7.72. The number of hydrogen-bond donors (Lipinski definition) is 0. The molecule has 0 nitrogen and oxygen atoms in total. The van der Waals surface area contributed by atoms with Crippen molar-refractivity contribution >= 4 is 0 Å². The molecule has 1 saturated carbocycles. The fraction of sp³-hybridized carbons (Fsp3) is 1.00. The van der Waals surface area contributed by atoms with Gasteiger partial charge in [0, 0.05) is 0 Å². The molecule has 0 spiro atoms. The smallest absolute Gasteiger partial charge is 0.0360 e. The summed E-state index contributed by atoms with van der Waals surface area (Å²) < 4.78 is 0. The zero-order valence-corrected chi connectivity index (χ0v) is 7.72. The zero-order chi connectivity index (χ0) is 7.72. The number of hydrogen-bond acceptors (Lipinski definition) is 0. The quantitative estimate of drug-likeness (QED) is 0.552. The van der Waals surface area contributed by atoms with Crippen molar-refractivity contribution < 1.29 is 0 Å². The average molecular weight is 140 g/mol. The summed E-state index contributed by atoms with van der Waals surface area (Å²) in [6, 6.07) is 0. The summed E-state index contributed by atoms with van der Waals surface area (Å²) in [7, 11) is 0. The Balaban J connectivity index is 2.34. The summed E-state index contributed by atoms with van der Waals surface area (Å²) >= 11 is 0. The van der Waals surface area contributed by atoms with E-state index in [1.165, 1.54) is 12.8 Å². The molecule has 60 valence electrons. The molecule has 3 atom stereocenters. The van der Waals surface area contributed by atoms with Crippen LogP contribution < -0.4 is 0 Å². The van der Waals surface area contributed by atoms with Gasteiger partial charge in [-0.2, -0.15) is 0 Å². The van der Waals surface area contributed by atoms with Crippen LogP contribution in [0, 0.1) is 23.7 Å². The van der Waals surface area contributed by atoms with Crippen LogP contribution in [0.5, 0.6) is 0 Å². The first-order valence-electron chi connectivity index (χ1n) is 4.63. The van der Waals surface area contributed by atoms with Crippen LogP contribution in [0.15, 0.2) is 0 Å². The highest BCUT2D eigenvalue weighted by Crippen LogP contribution is 2.41. The Morgan fingerprint density at radius 1 is 1.10 bits per heavy atom. The van der Waals surface area contributed by atoms with Crippen molar-refractivity contribution in [2.75, 3.05) is 0 Å². The molecule has 0 saturated heterocycles. The van der Waals surface area contributed by atoms with Crippen LogP contribution in [0.2, 0.25) is 0 Å². The monoisotopic (exact) mass is 140 g/mol. The van der Waals surface area contributed by atoms with Gasteiger partial charge in [0.15, 0.2) is 0 Å². The lowest BCUT2D eigenvalue weighted by molar-refractivity contribution is 0.100. The van der Waals surface area contributed by atoms with Crippen LogP contribution in [-0.2, 0) is 0 Å². The third-order valence-corrected chi connectivity index (χ3v) is 3.41. The van der Waals surface area contributed by atoms with E-state index in [2.05, 4.69) is 27.7 Å². The lowest BCUT2D eigenvalue weighted by atomic mass is 9.66. The van der Waals surface area contributed by atoms with E-state index in [9.17, 15) is 0 Å². The fourth-order valence-corrected chi connectivity index (χ4v) is 1.97. The SMILES string of the molecule is CC(C)C(C)C1CCC1C. The second-order valence-electron chi connectivity index (χ2n) is 4.32. The third kappa shape index (κ3) is 1.36. The van der Waals surface area contributed by atoms with Gasteiger partial charge in [0.05, 0.1) is 0 Å². The van der Waals surface area contributed by atoms with E-state index in [-0.39, 0.29) is 0 Å². The Kier molecular flexibility index (Phi) is 2.38. The minimum Gasteiger partial charge on any atom is -0.0625 e. The van der Waals surface area contributed by atoms with Crippen molar-refractivity contribution in [1.29, 1.82) is 0 Å². The third-order valence-electron chi connectivity index (χ3n) is 3.41. The van der Waals surface area contributed by atoms with Gasteiger partial charge in [-0.15, -0.1) is 0 Å². The van der Waals surface area contributed by atoms with Crippen LogP contribution >= 0.6 is 0 Å². The van der Waals surface area contributed by atoms with E-state index < -0.39 is 0 Å². The molecule has 0 aromatic rings. The molecule has 3 unspecified atom stereocenters. The molecule has 10 heavy (non-hydrogen) atoms. The average Bonchev–Trinajstić information content (AvgIpc) is 1.84. The standard InChI is InChI=1S/C10H20/c1-7(2)9(4)10-6-5-8(10)3/h7-10H,5-6H2,1-4H3. The molecular formula is C10H20. The maximum absolute atomic E-state index is 2.41. The molecule has 0 bridgehead atoms. The largest absolute Gasteiger partial charge is 0.0625 e. The van der Waals surface area contributed by atoms with Gasteiger partial charge in [-0.3, -0.25) is 0 Å². The molecule has 1 aliphatic carbocycles. The van der Waals surface area contributed by atoms with Gasteiger partial charge in [0.1, 0.15) is 0 Å². The fourth-order valence-electron chi connectivity index (χ4n) is 1.97. The Hall–Kier alpha value is 0. The summed E-state index contributed by atoms with van der Waals surface area (Å²) in [6.45, 7) is 9.49. The van der Waals surface area contributed by atoms with Gasteiger partial charge in [-0.1, -0.05) is 34.1 Å². The van der Waals surface area contributed by atoms with Gasteiger partial charge in [0.2, 0.25) is 0 Å². The lowest BCUT2D eigenvalue weighted by Gasteiger charge is -2.40. The van der Waals surface area contributed by atoms with E-state index in [1.807, 2.05) is 0 Å². The van der Waals surface area contributed by atoms with Crippen molar-refractivity contribution in [2.45, 2.75) is 40.5 Å². The summed E-state index contributed by atoms with van der Waals surface area (Å²) in [6.07, 6.45) is 2.96. The van der Waals surface area contributed by atoms with E-state index in [4.69, 9.17) is 0 Å². The highest BCUT2D eigenvalue weighted by atomic mass is 14.4. The van der Waals surface area contributed by atoms with Crippen molar-refractivity contribution in [2.24, 2.45) is 23.7 Å². The van der Waals surface area contributed by atoms with Gasteiger partial charge in [-0.05, 0) is 30.1 Å². The van der Waals surface area contributed by atoms with E-state index in [1.54, 1.807) is 0 Å². The highest BCUT2D eigenvalue weighted by molar-refractivity contribution is 4.82. The second-order valence-corrected chi connectivity index (χ2v) is 4.32. The van der Waals surface area contributed by atoms with Gasteiger partial charge in [0.25, 0.3) is 0 Å². The predicted octanol–water partition coefficient (Wildman–Crippen LogP) is 3.32. The minimum absolute atomic E-state index is 0.882. The molecule has 1 fully saturated rings. The van der Waals surface area contributed by atoms with Crippen LogP contribution in [0.25, 0.3) is 0 Å². The molecule has 0 heteroatoms. The van der Waals surface area contributed by atoms with Crippen LogP contribution in [0.4, 0.5) is 0 Å². The first-order valence-corrected chi connectivity index (χ1v) is 4.63. The minimum atomic E-state index is 0.882. The van der Waals surface area contributed by atoms with Gasteiger partial charge < -0.3 is 0 Å². The first kappa shape index (κ1) is 8.10. The van der Waals surface area contributed by atoms with Gasteiger partial charge >= 0.3 is 0 Å². The predicted molar refractivity (Wildman–Crippen MR) is 45.9 cm³/mol. The molecule has 0 radical (unpaired) electrons. The van der Waals surface area contributed by atoms with Crippen molar-refractivity contribution in [3.05, 3.63) is 0 Å². The normalized spacial score (nSPS) is 35.7. The van der Waals surface area contributed by atoms with Gasteiger partial charge in [-0.25, -0.2) is 0 Å². The summed E-state index contributed by atoms with van der Waals surface area (Å²) in [4.78, 5) is 0. The number of rotatable bonds is 2. The maximum atomic E-state index is 2.41. The molecule has 0 N–H and O–H groups in total. The second kappa shape index (κ2) is 2.94. The molecule has 1 aliphatic rings. The molecule has 0 amide bonds. The Labute approximate surface area is 65.0 Å². The van der Waals surface area contributed by atoms with E-state index >= 15 is 0 Å². The Morgan fingerprint density at radius 3 is 1.80 bits per heavy atom. The van der Waals surface area contributed by atoms with Crippen LogP contribution in [-0.4, -0.2) is 0 Å². The Bertz CT molecular complexity index is 99.9. The van der Waals surface area contributed by atoms with Crippen LogP contribution in [0.3, 0.4) is 0 Å². The lowest BCUT2D eigenvalue weighted by Crippen LogP contribution is -2.31. The van der Waals surface area contributed by atoms with E-state index in [0.717, 1.165) is 23.7 Å². The molecular weight excluding hydrogens is 120 g/mol. The van der Waals surface area contributed by atoms with Crippen molar-refractivity contribution in [1.82, 2.24) is 0 Å². The molecule has 0 heterocycles. The van der Waals surface area contributed by atoms with Crippen molar-refractivity contribution in [3.63, 3.8) is 0 Å². The summed E-state index contributed by atoms with van der Waals surface area (Å²) in [5.74, 6) is 3.88. The molecule has 0 aromatic carbocycles. The van der Waals surface area contributed by atoms with Crippen molar-refractivity contribution in [3.8, 4) is 0 Å². The molecule has 0 aromatic heterocycles. The molecule has 1 rings (SSSR count). The first-order chi connectivity index (χ1) is 4.63. The van der Waals surface area contributed by atoms with Crippen LogP contribution in [0.1, 0.15) is 40.5 Å². The Morgan fingerprint density at radius 2 is 1.70 bits per heavy atom. The highest BCUT2D eigenvalue weighted by Gasteiger charge is 2.32. The summed E-state index contributed by atoms with van der Waals surface area (Å²) in [5, 5.41) is 0.